The number of aryl methyl sites for hydroxylation is 1. The van der Waals surface area contributed by atoms with Crippen molar-refractivity contribution < 1.29 is 4.79 Å². The topological polar surface area (TPSA) is 32.3 Å². The van der Waals surface area contributed by atoms with Crippen molar-refractivity contribution in [2.45, 2.75) is 33.2 Å². The van der Waals surface area contributed by atoms with Gasteiger partial charge in [0.1, 0.15) is 0 Å². The van der Waals surface area contributed by atoms with Crippen LogP contribution in [-0.2, 0) is 0 Å². The summed E-state index contributed by atoms with van der Waals surface area (Å²) in [5.41, 5.74) is 1.95. The Labute approximate surface area is 116 Å². The first kappa shape index (κ1) is 14.1. The predicted octanol–water partition coefficient (Wildman–Crippen LogP) is 2.46. The zero-order valence-corrected chi connectivity index (χ0v) is 12.1. The highest BCUT2D eigenvalue weighted by atomic mass is 16.2. The highest BCUT2D eigenvalue weighted by Gasteiger charge is 2.24. The molecule has 1 N–H and O–H groups in total. The minimum Gasteiger partial charge on any atom is -0.336 e. The summed E-state index contributed by atoms with van der Waals surface area (Å²) in [6.45, 7) is 9.00. The second-order valence-corrected chi connectivity index (χ2v) is 5.90. The summed E-state index contributed by atoms with van der Waals surface area (Å²) >= 11 is 0. The van der Waals surface area contributed by atoms with Crippen LogP contribution in [0.25, 0.3) is 0 Å². The Morgan fingerprint density at radius 1 is 1.47 bits per heavy atom. The van der Waals surface area contributed by atoms with Gasteiger partial charge >= 0.3 is 0 Å². The fraction of sp³-hybridized carbons (Fsp3) is 0.562. The predicted molar refractivity (Wildman–Crippen MR) is 78.3 cm³/mol. The van der Waals surface area contributed by atoms with Crippen LogP contribution >= 0.6 is 0 Å². The van der Waals surface area contributed by atoms with E-state index in [4.69, 9.17) is 0 Å². The van der Waals surface area contributed by atoms with Crippen molar-refractivity contribution in [1.82, 2.24) is 10.2 Å². The highest BCUT2D eigenvalue weighted by Crippen LogP contribution is 2.13. The number of benzene rings is 1. The summed E-state index contributed by atoms with van der Waals surface area (Å²) in [5.74, 6) is 0.825. The number of nitrogens with zero attached hydrogens (tertiary/aromatic N) is 1. The van der Waals surface area contributed by atoms with Crippen molar-refractivity contribution in [2.24, 2.45) is 5.92 Å². The normalized spacial score (nSPS) is 19.8. The van der Waals surface area contributed by atoms with Crippen molar-refractivity contribution in [2.75, 3.05) is 19.6 Å². The summed E-state index contributed by atoms with van der Waals surface area (Å²) in [6, 6.07) is 8.30. The molecule has 0 bridgehead atoms. The standard InChI is InChI=1S/C16H24N2O/c1-12(2)9-15-11-18(8-7-17-15)16(19)14-6-4-5-13(3)10-14/h4-6,10,12,15,17H,7-9,11H2,1-3H3. The summed E-state index contributed by atoms with van der Waals surface area (Å²) in [7, 11) is 0. The monoisotopic (exact) mass is 260 g/mol. The van der Waals surface area contributed by atoms with E-state index >= 15 is 0 Å². The Balaban J connectivity index is 2.03. The van der Waals surface area contributed by atoms with Gasteiger partial charge in [-0.15, -0.1) is 0 Å². The summed E-state index contributed by atoms with van der Waals surface area (Å²) < 4.78 is 0. The first-order valence-electron chi connectivity index (χ1n) is 7.15. The lowest BCUT2D eigenvalue weighted by molar-refractivity contribution is 0.0694. The van der Waals surface area contributed by atoms with E-state index in [0.717, 1.165) is 37.2 Å². The Kier molecular flexibility index (Phi) is 4.59. The van der Waals surface area contributed by atoms with Crippen LogP contribution < -0.4 is 5.32 Å². The third-order valence-corrected chi connectivity index (χ3v) is 3.56. The van der Waals surface area contributed by atoms with Crippen molar-refractivity contribution in [3.05, 3.63) is 35.4 Å². The molecule has 1 aliphatic heterocycles. The van der Waals surface area contributed by atoms with Crippen LogP contribution in [0, 0.1) is 12.8 Å². The third-order valence-electron chi connectivity index (χ3n) is 3.56. The van der Waals surface area contributed by atoms with Gasteiger partial charge in [-0.05, 0) is 31.4 Å². The molecule has 1 fully saturated rings. The van der Waals surface area contributed by atoms with Crippen LogP contribution in [0.2, 0.25) is 0 Å². The van der Waals surface area contributed by atoms with E-state index in [2.05, 4.69) is 19.2 Å². The molecule has 3 heteroatoms. The summed E-state index contributed by atoms with van der Waals surface area (Å²) in [6.07, 6.45) is 1.12. The van der Waals surface area contributed by atoms with Crippen molar-refractivity contribution >= 4 is 5.91 Å². The van der Waals surface area contributed by atoms with Gasteiger partial charge < -0.3 is 10.2 Å². The molecule has 0 radical (unpaired) electrons. The molecule has 19 heavy (non-hydrogen) atoms. The maximum absolute atomic E-state index is 12.5. The Morgan fingerprint density at radius 2 is 2.26 bits per heavy atom. The average Bonchev–Trinajstić information content (AvgIpc) is 2.37. The summed E-state index contributed by atoms with van der Waals surface area (Å²) in [4.78, 5) is 14.5. The number of amides is 1. The second kappa shape index (κ2) is 6.20. The first-order chi connectivity index (χ1) is 9.06. The number of carbonyl (C=O) groups excluding carboxylic acids is 1. The van der Waals surface area contributed by atoms with E-state index in [9.17, 15) is 4.79 Å². The number of carbonyl (C=O) groups is 1. The van der Waals surface area contributed by atoms with Crippen molar-refractivity contribution in [3.63, 3.8) is 0 Å². The maximum Gasteiger partial charge on any atom is 0.253 e. The minimum atomic E-state index is 0.166. The molecule has 0 spiro atoms. The lowest BCUT2D eigenvalue weighted by atomic mass is 10.0. The maximum atomic E-state index is 12.5. The summed E-state index contributed by atoms with van der Waals surface area (Å²) in [5, 5.41) is 3.50. The van der Waals surface area contributed by atoms with Gasteiger partial charge in [-0.25, -0.2) is 0 Å². The van der Waals surface area contributed by atoms with Gasteiger partial charge in [0.05, 0.1) is 0 Å². The van der Waals surface area contributed by atoms with Gasteiger partial charge in [-0.2, -0.15) is 0 Å². The quantitative estimate of drug-likeness (QED) is 0.905. The molecular formula is C16H24N2O. The molecule has 1 aromatic rings. The molecule has 2 rings (SSSR count). The van der Waals surface area contributed by atoms with E-state index in [-0.39, 0.29) is 5.91 Å². The molecule has 1 aromatic carbocycles. The van der Waals surface area contributed by atoms with Gasteiger partial charge in [0.25, 0.3) is 5.91 Å². The van der Waals surface area contributed by atoms with E-state index in [1.54, 1.807) is 0 Å². The first-order valence-corrected chi connectivity index (χ1v) is 7.15. The van der Waals surface area contributed by atoms with E-state index in [1.807, 2.05) is 36.1 Å². The van der Waals surface area contributed by atoms with Gasteiger partial charge in [-0.1, -0.05) is 31.5 Å². The molecule has 1 saturated heterocycles. The van der Waals surface area contributed by atoms with Crippen LogP contribution in [0.4, 0.5) is 0 Å². The molecule has 3 nitrogen and oxygen atoms in total. The van der Waals surface area contributed by atoms with Gasteiger partial charge in [-0.3, -0.25) is 4.79 Å². The molecule has 1 aliphatic rings. The largest absolute Gasteiger partial charge is 0.336 e. The molecule has 104 valence electrons. The highest BCUT2D eigenvalue weighted by molar-refractivity contribution is 5.94. The second-order valence-electron chi connectivity index (χ2n) is 5.90. The molecular weight excluding hydrogens is 236 g/mol. The lowest BCUT2D eigenvalue weighted by Crippen LogP contribution is -2.52. The molecule has 1 atom stereocenters. The van der Waals surface area contributed by atoms with E-state index in [1.165, 1.54) is 0 Å². The van der Waals surface area contributed by atoms with Crippen LogP contribution in [0.3, 0.4) is 0 Å². The number of piperazine rings is 1. The van der Waals surface area contributed by atoms with E-state index < -0.39 is 0 Å². The van der Waals surface area contributed by atoms with Crippen LogP contribution in [0.1, 0.15) is 36.2 Å². The Hall–Kier alpha value is -1.35. The van der Waals surface area contributed by atoms with Gasteiger partial charge in [0.15, 0.2) is 0 Å². The molecule has 1 amide bonds. The fourth-order valence-corrected chi connectivity index (χ4v) is 2.70. The molecule has 0 saturated carbocycles. The van der Waals surface area contributed by atoms with Gasteiger partial charge in [0, 0.05) is 31.2 Å². The van der Waals surface area contributed by atoms with Crippen molar-refractivity contribution in [3.8, 4) is 0 Å². The number of nitrogens with one attached hydrogen (secondary N) is 1. The van der Waals surface area contributed by atoms with E-state index in [0.29, 0.717) is 12.0 Å². The smallest absolute Gasteiger partial charge is 0.253 e. The van der Waals surface area contributed by atoms with Crippen molar-refractivity contribution in [1.29, 1.82) is 0 Å². The third kappa shape index (κ3) is 3.80. The van der Waals surface area contributed by atoms with Crippen LogP contribution in [0.5, 0.6) is 0 Å². The minimum absolute atomic E-state index is 0.166. The molecule has 1 heterocycles. The number of rotatable bonds is 3. The molecule has 0 aromatic heterocycles. The van der Waals surface area contributed by atoms with Crippen LogP contribution in [0.15, 0.2) is 24.3 Å². The van der Waals surface area contributed by atoms with Crippen LogP contribution in [-0.4, -0.2) is 36.5 Å². The number of hydrogen-bond donors (Lipinski definition) is 1. The molecule has 0 aliphatic carbocycles. The zero-order valence-electron chi connectivity index (χ0n) is 12.1. The Morgan fingerprint density at radius 3 is 2.95 bits per heavy atom. The number of hydrogen-bond acceptors (Lipinski definition) is 2. The fourth-order valence-electron chi connectivity index (χ4n) is 2.70. The van der Waals surface area contributed by atoms with Gasteiger partial charge in [0.2, 0.25) is 0 Å². The lowest BCUT2D eigenvalue weighted by Gasteiger charge is -2.34. The zero-order chi connectivity index (χ0) is 13.8. The molecule has 1 unspecified atom stereocenters. The SMILES string of the molecule is Cc1cccc(C(=O)N2CCNC(CC(C)C)C2)c1. The average molecular weight is 260 g/mol. The Bertz CT molecular complexity index is 442.